The van der Waals surface area contributed by atoms with Crippen LogP contribution in [-0.4, -0.2) is 116 Å². The summed E-state index contributed by atoms with van der Waals surface area (Å²) in [5, 5.41) is 19.1. The zero-order chi connectivity index (χ0) is 37.7. The van der Waals surface area contributed by atoms with Crippen LogP contribution in [0.15, 0.2) is 24.3 Å². The number of ether oxygens (including phenoxy) is 2. The van der Waals surface area contributed by atoms with Crippen LogP contribution in [0.3, 0.4) is 0 Å². The first-order chi connectivity index (χ1) is 23.6. The maximum absolute atomic E-state index is 14.1. The highest BCUT2D eigenvalue weighted by atomic mass is 16.5. The lowest BCUT2D eigenvalue weighted by molar-refractivity contribution is -0.147. The minimum absolute atomic E-state index is 0.00597. The van der Waals surface area contributed by atoms with Crippen LogP contribution >= 0.6 is 0 Å². The number of aromatic hydroxyl groups is 1. The van der Waals surface area contributed by atoms with Crippen molar-refractivity contribution >= 4 is 23.6 Å². The molecule has 0 aliphatic carbocycles. The van der Waals surface area contributed by atoms with Gasteiger partial charge in [-0.25, -0.2) is 0 Å². The number of likely N-dealkylation sites (tertiary alicyclic amines) is 1. The summed E-state index contributed by atoms with van der Waals surface area (Å²) in [5.74, 6) is -1.23. The molecule has 0 radical (unpaired) electrons. The van der Waals surface area contributed by atoms with Gasteiger partial charge in [0, 0.05) is 34.4 Å². The number of rotatable bonds is 20. The number of amides is 4. The number of para-hydroxylation sites is 1. The van der Waals surface area contributed by atoms with Gasteiger partial charge in [-0.05, 0) is 55.7 Å². The maximum Gasteiger partial charge on any atom is 0.245 e. The Morgan fingerprint density at radius 1 is 0.980 bits per heavy atom. The van der Waals surface area contributed by atoms with Crippen molar-refractivity contribution in [1.29, 1.82) is 0 Å². The summed E-state index contributed by atoms with van der Waals surface area (Å²) >= 11 is 0. The molecule has 1 aliphatic heterocycles. The van der Waals surface area contributed by atoms with E-state index in [1.807, 2.05) is 65.5 Å². The van der Waals surface area contributed by atoms with Crippen LogP contribution in [0, 0.1) is 23.7 Å². The normalized spacial score (nSPS) is 19.0. The van der Waals surface area contributed by atoms with E-state index in [1.165, 1.54) is 0 Å². The molecule has 50 heavy (non-hydrogen) atoms. The first-order valence-corrected chi connectivity index (χ1v) is 18.3. The predicted octanol–water partition coefficient (Wildman–Crippen LogP) is 3.36. The van der Waals surface area contributed by atoms with Crippen molar-refractivity contribution in [2.75, 3.05) is 41.4 Å². The van der Waals surface area contributed by atoms with Crippen molar-refractivity contribution in [2.45, 2.75) is 117 Å². The lowest BCUT2D eigenvalue weighted by atomic mass is 9.89. The molecule has 0 spiro atoms. The van der Waals surface area contributed by atoms with Gasteiger partial charge >= 0.3 is 0 Å². The molecular formula is C38H65N5O7. The second-order valence-electron chi connectivity index (χ2n) is 14.5. The molecule has 1 aromatic rings. The van der Waals surface area contributed by atoms with Crippen LogP contribution in [0.5, 0.6) is 5.75 Å². The summed E-state index contributed by atoms with van der Waals surface area (Å²) in [6.45, 7) is 14.5. The number of carbonyl (C=O) groups is 4. The Balaban J connectivity index is 2.20. The molecule has 1 fully saturated rings. The second kappa shape index (κ2) is 20.6. The van der Waals surface area contributed by atoms with Crippen molar-refractivity contribution in [3.8, 4) is 5.75 Å². The fourth-order valence-electron chi connectivity index (χ4n) is 7.25. The number of nitrogens with one attached hydrogen (secondary N) is 3. The Kier molecular flexibility index (Phi) is 17.7. The average molecular weight is 704 g/mol. The standard InChI is InChI=1S/C38H65N5O7/c1-12-25(6)34(42(9)38(48)33(24(4)5)41-37(47)32(39-8)23(2)3)30(49-10)22-31(45)43-21-15-17-28(43)35(50-11)26(7)36(46)40-20-19-27-16-13-14-18-29(27)44/h13-14,16,18,23-26,28,30,32-35,39,44H,12,15,17,19-22H2,1-11H3,(H,40,46)(H,41,47)/t25-,26+,28-,30+,32-,33-,34-,35+/m0/s1. The average Bonchev–Trinajstić information content (AvgIpc) is 3.57. The van der Waals surface area contributed by atoms with Crippen molar-refractivity contribution in [3.05, 3.63) is 29.8 Å². The summed E-state index contributed by atoms with van der Waals surface area (Å²) in [7, 11) is 6.60. The fourth-order valence-corrected chi connectivity index (χ4v) is 7.25. The van der Waals surface area contributed by atoms with Crippen molar-refractivity contribution in [1.82, 2.24) is 25.8 Å². The Morgan fingerprint density at radius 3 is 2.16 bits per heavy atom. The molecule has 0 unspecified atom stereocenters. The van der Waals surface area contributed by atoms with Gasteiger partial charge in [-0.15, -0.1) is 0 Å². The van der Waals surface area contributed by atoms with Crippen LogP contribution < -0.4 is 16.0 Å². The molecule has 0 aromatic heterocycles. The predicted molar refractivity (Wildman–Crippen MR) is 195 cm³/mol. The van der Waals surface area contributed by atoms with Gasteiger partial charge in [-0.1, -0.05) is 73.1 Å². The number of methoxy groups -OCH3 is 2. The lowest BCUT2D eigenvalue weighted by Crippen LogP contribution is -2.59. The van der Waals surface area contributed by atoms with Gasteiger partial charge < -0.3 is 40.3 Å². The lowest BCUT2D eigenvalue weighted by Gasteiger charge is -2.41. The van der Waals surface area contributed by atoms with E-state index < -0.39 is 36.3 Å². The molecule has 2 rings (SSSR count). The second-order valence-corrected chi connectivity index (χ2v) is 14.5. The van der Waals surface area contributed by atoms with E-state index >= 15 is 0 Å². The quantitative estimate of drug-likeness (QED) is 0.162. The third-order valence-electron chi connectivity index (χ3n) is 10.4. The fraction of sp³-hybridized carbons (Fsp3) is 0.737. The summed E-state index contributed by atoms with van der Waals surface area (Å²) < 4.78 is 11.9. The molecule has 12 nitrogen and oxygen atoms in total. The first kappa shape index (κ1) is 42.9. The van der Waals surface area contributed by atoms with Gasteiger partial charge in [-0.3, -0.25) is 19.2 Å². The van der Waals surface area contributed by atoms with Gasteiger partial charge in [0.2, 0.25) is 23.6 Å². The summed E-state index contributed by atoms with van der Waals surface area (Å²) in [4.78, 5) is 58.0. The van der Waals surface area contributed by atoms with E-state index in [1.54, 1.807) is 45.3 Å². The largest absolute Gasteiger partial charge is 0.508 e. The Labute approximate surface area is 300 Å². The minimum Gasteiger partial charge on any atom is -0.508 e. The Bertz CT molecular complexity index is 1240. The van der Waals surface area contributed by atoms with Gasteiger partial charge in [0.1, 0.15) is 11.8 Å². The molecular weight excluding hydrogens is 638 g/mol. The van der Waals surface area contributed by atoms with Crippen LogP contribution in [0.2, 0.25) is 0 Å². The van der Waals surface area contributed by atoms with E-state index in [9.17, 15) is 24.3 Å². The monoisotopic (exact) mass is 703 g/mol. The number of likely N-dealkylation sites (N-methyl/N-ethyl adjacent to an activating group) is 2. The van der Waals surface area contributed by atoms with E-state index in [0.29, 0.717) is 25.9 Å². The highest BCUT2D eigenvalue weighted by Gasteiger charge is 2.43. The third kappa shape index (κ3) is 11.1. The van der Waals surface area contributed by atoms with Crippen LogP contribution in [0.4, 0.5) is 0 Å². The molecule has 1 heterocycles. The number of benzene rings is 1. The van der Waals surface area contributed by atoms with E-state index in [4.69, 9.17) is 9.47 Å². The Morgan fingerprint density at radius 2 is 1.62 bits per heavy atom. The Hall–Kier alpha value is -3.22. The maximum atomic E-state index is 14.1. The van der Waals surface area contributed by atoms with Crippen LogP contribution in [-0.2, 0) is 35.1 Å². The molecule has 8 atom stereocenters. The third-order valence-corrected chi connectivity index (χ3v) is 10.4. The molecule has 284 valence electrons. The molecule has 1 saturated heterocycles. The van der Waals surface area contributed by atoms with Crippen LogP contribution in [0.25, 0.3) is 0 Å². The zero-order valence-corrected chi connectivity index (χ0v) is 32.3. The van der Waals surface area contributed by atoms with Crippen molar-refractivity contribution in [3.63, 3.8) is 0 Å². The number of phenols is 1. The SMILES string of the molecule is CC[C@H](C)[C@@H]([C@@H](CC(=O)N1CCC[C@H]1[C@H](OC)[C@@H](C)C(=O)NCCc1ccccc1O)OC)N(C)C(=O)[C@@H](NC(=O)[C@@H](NC)C(C)C)C(C)C. The molecule has 12 heteroatoms. The molecule has 4 amide bonds. The first-order valence-electron chi connectivity index (χ1n) is 18.3. The van der Waals surface area contributed by atoms with Gasteiger partial charge in [0.25, 0.3) is 0 Å². The summed E-state index contributed by atoms with van der Waals surface area (Å²) in [5.41, 5.74) is 0.755. The highest BCUT2D eigenvalue weighted by Crippen LogP contribution is 2.29. The van der Waals surface area contributed by atoms with Gasteiger partial charge in [0.15, 0.2) is 0 Å². The number of nitrogens with zero attached hydrogens (tertiary/aromatic N) is 2. The number of carbonyl (C=O) groups excluding carboxylic acids is 4. The molecule has 0 saturated carbocycles. The number of hydrogen-bond donors (Lipinski definition) is 4. The van der Waals surface area contributed by atoms with Crippen molar-refractivity contribution < 1.29 is 33.8 Å². The summed E-state index contributed by atoms with van der Waals surface area (Å²) in [6, 6.07) is 5.13. The summed E-state index contributed by atoms with van der Waals surface area (Å²) in [6.07, 6.45) is 1.64. The molecule has 0 bridgehead atoms. The smallest absolute Gasteiger partial charge is 0.245 e. The van der Waals surface area contributed by atoms with E-state index in [-0.39, 0.29) is 59.6 Å². The van der Waals surface area contributed by atoms with Crippen LogP contribution in [0.1, 0.15) is 79.7 Å². The number of phenolic OH excluding ortho intramolecular Hbond substituents is 1. The molecule has 1 aromatic carbocycles. The highest BCUT2D eigenvalue weighted by molar-refractivity contribution is 5.90. The van der Waals surface area contributed by atoms with E-state index in [2.05, 4.69) is 16.0 Å². The topological polar surface area (TPSA) is 150 Å². The van der Waals surface area contributed by atoms with Crippen molar-refractivity contribution in [2.24, 2.45) is 23.7 Å². The zero-order valence-electron chi connectivity index (χ0n) is 32.3. The van der Waals surface area contributed by atoms with Gasteiger partial charge in [0.05, 0.1) is 42.7 Å². The van der Waals surface area contributed by atoms with Gasteiger partial charge in [-0.2, -0.15) is 0 Å². The molecule has 1 aliphatic rings. The van der Waals surface area contributed by atoms with E-state index in [0.717, 1.165) is 18.4 Å². The number of hydrogen-bond acceptors (Lipinski definition) is 8. The molecule has 4 N–H and O–H groups in total. The minimum atomic E-state index is -0.752.